The Hall–Kier alpha value is -0.980. The predicted molar refractivity (Wildman–Crippen MR) is 102 cm³/mol. The molecule has 0 heterocycles. The van der Waals surface area contributed by atoms with Crippen LogP contribution < -0.4 is 10.6 Å². The lowest BCUT2D eigenvalue weighted by molar-refractivity contribution is 1.14. The Bertz CT molecular complexity index is 632. The van der Waals surface area contributed by atoms with Gasteiger partial charge in [0, 0.05) is 9.26 Å². The van der Waals surface area contributed by atoms with Gasteiger partial charge in [0.2, 0.25) is 0 Å². The second kappa shape index (κ2) is 8.46. The molecule has 0 fully saturated rings. The number of nitrogens with one attached hydrogen (secondary N) is 3. The molecule has 112 valence electrons. The minimum atomic E-state index is 0. The van der Waals surface area contributed by atoms with Gasteiger partial charge in [-0.05, 0) is 64.9 Å². The Morgan fingerprint density at radius 2 is 1.95 bits per heavy atom. The molecule has 0 aromatic heterocycles. The van der Waals surface area contributed by atoms with Crippen LogP contribution in [0.1, 0.15) is 12.5 Å². The average molecular weight is 436 g/mol. The molecule has 21 heavy (non-hydrogen) atoms. The Morgan fingerprint density at radius 1 is 1.19 bits per heavy atom. The van der Waals surface area contributed by atoms with Gasteiger partial charge in [0.1, 0.15) is 0 Å². The van der Waals surface area contributed by atoms with E-state index >= 15 is 0 Å². The molecule has 2 aromatic carbocycles. The van der Waals surface area contributed by atoms with Gasteiger partial charge in [-0.25, -0.2) is 0 Å². The van der Waals surface area contributed by atoms with Gasteiger partial charge in [-0.2, -0.15) is 0 Å². The average Bonchev–Trinajstić information content (AvgIpc) is 2.41. The molecule has 2 aromatic rings. The van der Waals surface area contributed by atoms with Crippen LogP contribution in [0.3, 0.4) is 0 Å². The van der Waals surface area contributed by atoms with Gasteiger partial charge in [0.25, 0.3) is 0 Å². The number of benzene rings is 2. The van der Waals surface area contributed by atoms with E-state index in [2.05, 4.69) is 40.1 Å². The Morgan fingerprint density at radius 3 is 2.62 bits per heavy atom. The van der Waals surface area contributed by atoms with Gasteiger partial charge >= 0.3 is 0 Å². The summed E-state index contributed by atoms with van der Waals surface area (Å²) in [4.78, 5) is 0. The van der Waals surface area contributed by atoms with Crippen molar-refractivity contribution in [1.29, 1.82) is 5.41 Å². The fourth-order valence-corrected chi connectivity index (χ4v) is 2.47. The molecule has 0 saturated carbocycles. The van der Waals surface area contributed by atoms with Crippen LogP contribution in [-0.4, -0.2) is 5.96 Å². The maximum absolute atomic E-state index is 7.97. The van der Waals surface area contributed by atoms with Crippen molar-refractivity contribution in [2.24, 2.45) is 0 Å². The van der Waals surface area contributed by atoms with Crippen molar-refractivity contribution in [3.63, 3.8) is 0 Å². The van der Waals surface area contributed by atoms with Crippen molar-refractivity contribution in [1.82, 2.24) is 0 Å². The minimum Gasteiger partial charge on any atom is -0.326 e. The molecule has 0 unspecified atom stereocenters. The maximum atomic E-state index is 7.97. The van der Waals surface area contributed by atoms with Crippen LogP contribution in [0.15, 0.2) is 42.5 Å². The number of aryl methyl sites for hydroxylation is 1. The van der Waals surface area contributed by atoms with Crippen LogP contribution in [0.25, 0.3) is 0 Å². The lowest BCUT2D eigenvalue weighted by atomic mass is 10.1. The first-order valence-corrected chi connectivity index (χ1v) is 7.70. The van der Waals surface area contributed by atoms with Gasteiger partial charge in [-0.3, -0.25) is 5.41 Å². The van der Waals surface area contributed by atoms with Crippen molar-refractivity contribution >= 4 is 63.9 Å². The smallest absolute Gasteiger partial charge is 0.197 e. The molecule has 3 N–H and O–H groups in total. The summed E-state index contributed by atoms with van der Waals surface area (Å²) in [6.07, 6.45) is 0.934. The first kappa shape index (κ1) is 18.1. The zero-order chi connectivity index (χ0) is 14.5. The third-order valence-electron chi connectivity index (χ3n) is 2.79. The summed E-state index contributed by atoms with van der Waals surface area (Å²) >= 11 is 8.38. The van der Waals surface area contributed by atoms with Crippen molar-refractivity contribution in [2.45, 2.75) is 13.3 Å². The molecule has 0 atom stereocenters. The standard InChI is InChI=1S/C15H15ClIN3.ClH/c1-2-10-6-7-13(16)14(8-10)20-15(18)19-12-5-3-4-11(17)9-12;/h3-9H,2H2,1H3,(H3,18,19,20);1H. The third-order valence-corrected chi connectivity index (χ3v) is 3.79. The summed E-state index contributed by atoms with van der Waals surface area (Å²) in [5, 5.41) is 14.6. The van der Waals surface area contributed by atoms with Crippen LogP contribution in [0, 0.1) is 8.98 Å². The van der Waals surface area contributed by atoms with E-state index in [0.29, 0.717) is 5.02 Å². The fraction of sp³-hybridized carbons (Fsp3) is 0.133. The third kappa shape index (κ3) is 5.37. The number of hydrogen-bond acceptors (Lipinski definition) is 1. The first-order valence-electron chi connectivity index (χ1n) is 6.25. The summed E-state index contributed by atoms with van der Waals surface area (Å²) in [7, 11) is 0. The highest BCUT2D eigenvalue weighted by atomic mass is 127. The molecule has 0 saturated heterocycles. The quantitative estimate of drug-likeness (QED) is 0.344. The molecule has 0 spiro atoms. The van der Waals surface area contributed by atoms with Gasteiger partial charge in [-0.15, -0.1) is 12.4 Å². The van der Waals surface area contributed by atoms with E-state index in [1.807, 2.05) is 42.5 Å². The molecular formula is C15H16Cl2IN3. The van der Waals surface area contributed by atoms with Gasteiger partial charge in [0.15, 0.2) is 5.96 Å². The first-order chi connectivity index (χ1) is 9.58. The molecule has 0 aliphatic rings. The second-order valence-corrected chi connectivity index (χ2v) is 5.96. The molecular weight excluding hydrogens is 420 g/mol. The summed E-state index contributed by atoms with van der Waals surface area (Å²) in [6, 6.07) is 13.6. The SMILES string of the molecule is CCc1ccc(Cl)c(NC(=N)Nc2cccc(I)c2)c1.Cl. The molecule has 0 bridgehead atoms. The number of halogens is 3. The fourth-order valence-electron chi connectivity index (χ4n) is 1.76. The second-order valence-electron chi connectivity index (χ2n) is 4.30. The zero-order valence-electron chi connectivity index (χ0n) is 11.4. The molecule has 0 radical (unpaired) electrons. The molecule has 0 aliphatic carbocycles. The van der Waals surface area contributed by atoms with Crippen molar-refractivity contribution in [3.05, 3.63) is 56.6 Å². The monoisotopic (exact) mass is 435 g/mol. The highest BCUT2D eigenvalue weighted by molar-refractivity contribution is 14.1. The predicted octanol–water partition coefficient (Wildman–Crippen LogP) is 5.39. The van der Waals surface area contributed by atoms with Crippen LogP contribution in [0.4, 0.5) is 11.4 Å². The molecule has 0 amide bonds. The van der Waals surface area contributed by atoms with E-state index in [1.165, 1.54) is 5.56 Å². The number of guanidine groups is 1. The highest BCUT2D eigenvalue weighted by Crippen LogP contribution is 2.23. The Labute approximate surface area is 149 Å². The minimum absolute atomic E-state index is 0. The topological polar surface area (TPSA) is 47.9 Å². The highest BCUT2D eigenvalue weighted by Gasteiger charge is 2.04. The van der Waals surface area contributed by atoms with E-state index in [9.17, 15) is 0 Å². The molecule has 6 heteroatoms. The number of rotatable bonds is 3. The normalized spacial score (nSPS) is 9.67. The van der Waals surface area contributed by atoms with Crippen molar-refractivity contribution < 1.29 is 0 Å². The summed E-state index contributed by atoms with van der Waals surface area (Å²) in [6.45, 7) is 2.09. The Kier molecular flexibility index (Phi) is 7.28. The van der Waals surface area contributed by atoms with Crippen LogP contribution in [0.2, 0.25) is 5.02 Å². The van der Waals surface area contributed by atoms with Crippen LogP contribution >= 0.6 is 46.6 Å². The van der Waals surface area contributed by atoms with Crippen LogP contribution in [-0.2, 0) is 6.42 Å². The van der Waals surface area contributed by atoms with Gasteiger partial charge in [0.05, 0.1) is 10.7 Å². The van der Waals surface area contributed by atoms with Gasteiger partial charge in [-0.1, -0.05) is 30.7 Å². The van der Waals surface area contributed by atoms with Crippen LogP contribution in [0.5, 0.6) is 0 Å². The zero-order valence-corrected chi connectivity index (χ0v) is 15.1. The van der Waals surface area contributed by atoms with Crippen molar-refractivity contribution in [2.75, 3.05) is 10.6 Å². The van der Waals surface area contributed by atoms with Crippen molar-refractivity contribution in [3.8, 4) is 0 Å². The van der Waals surface area contributed by atoms with E-state index in [0.717, 1.165) is 21.4 Å². The largest absolute Gasteiger partial charge is 0.326 e. The number of anilines is 2. The van der Waals surface area contributed by atoms with E-state index in [1.54, 1.807) is 0 Å². The lowest BCUT2D eigenvalue weighted by Gasteiger charge is -2.13. The van der Waals surface area contributed by atoms with E-state index < -0.39 is 0 Å². The number of hydrogen-bond donors (Lipinski definition) is 3. The molecule has 0 aliphatic heterocycles. The Balaban J connectivity index is 0.00000220. The van der Waals surface area contributed by atoms with E-state index in [-0.39, 0.29) is 18.4 Å². The van der Waals surface area contributed by atoms with E-state index in [4.69, 9.17) is 17.0 Å². The molecule has 2 rings (SSSR count). The lowest BCUT2D eigenvalue weighted by Crippen LogP contribution is -2.20. The van der Waals surface area contributed by atoms with Gasteiger partial charge < -0.3 is 10.6 Å². The summed E-state index contributed by atoms with van der Waals surface area (Å²) < 4.78 is 1.12. The molecule has 3 nitrogen and oxygen atoms in total. The summed E-state index contributed by atoms with van der Waals surface area (Å²) in [5.74, 6) is 0.196. The summed E-state index contributed by atoms with van der Waals surface area (Å²) in [5.41, 5.74) is 2.80. The maximum Gasteiger partial charge on any atom is 0.197 e.